The van der Waals surface area contributed by atoms with Gasteiger partial charge in [-0.3, -0.25) is 14.6 Å². The highest BCUT2D eigenvalue weighted by molar-refractivity contribution is 5.92. The lowest BCUT2D eigenvalue weighted by molar-refractivity contribution is -0.117. The van der Waals surface area contributed by atoms with E-state index in [4.69, 9.17) is 4.74 Å². The second-order valence-corrected chi connectivity index (χ2v) is 6.49. The van der Waals surface area contributed by atoms with Crippen LogP contribution in [0, 0.1) is 0 Å². The van der Waals surface area contributed by atoms with Crippen LogP contribution in [0.5, 0.6) is 0 Å². The molecule has 1 amide bonds. The van der Waals surface area contributed by atoms with E-state index in [2.05, 4.69) is 35.2 Å². The molecule has 23 heavy (non-hydrogen) atoms. The van der Waals surface area contributed by atoms with Crippen LogP contribution in [0.4, 0.5) is 5.69 Å². The zero-order chi connectivity index (χ0) is 16.8. The standard InChI is InChI=1S/C18H29N3O2/c1-5-14-7-6-8-15(9-14)19-18(22)13-20(2)11-16-10-17(23-4)12-21(16)3/h6-9,16-17H,5,10-13H2,1-4H3,(H,19,22)/t16-,17-/m0/s1. The molecule has 2 atom stereocenters. The number of hydrogen-bond acceptors (Lipinski definition) is 4. The smallest absolute Gasteiger partial charge is 0.238 e. The Morgan fingerprint density at radius 2 is 2.26 bits per heavy atom. The normalized spacial score (nSPS) is 21.8. The van der Waals surface area contributed by atoms with Crippen molar-refractivity contribution in [2.24, 2.45) is 0 Å². The van der Waals surface area contributed by atoms with Gasteiger partial charge in [-0.05, 0) is 44.6 Å². The molecule has 5 nitrogen and oxygen atoms in total. The van der Waals surface area contributed by atoms with Crippen LogP contribution in [0.15, 0.2) is 24.3 Å². The largest absolute Gasteiger partial charge is 0.380 e. The molecule has 0 bridgehead atoms. The van der Waals surface area contributed by atoms with Gasteiger partial charge in [0.2, 0.25) is 5.91 Å². The first-order chi connectivity index (χ1) is 11.0. The first-order valence-electron chi connectivity index (χ1n) is 8.32. The molecule has 0 unspecified atom stereocenters. The zero-order valence-corrected chi connectivity index (χ0v) is 14.7. The van der Waals surface area contributed by atoms with E-state index >= 15 is 0 Å². The molecular formula is C18H29N3O2. The topological polar surface area (TPSA) is 44.8 Å². The minimum atomic E-state index is 0.0321. The summed E-state index contributed by atoms with van der Waals surface area (Å²) in [6, 6.07) is 8.47. The summed E-state index contributed by atoms with van der Waals surface area (Å²) in [5.41, 5.74) is 2.11. The molecule has 1 saturated heterocycles. The van der Waals surface area contributed by atoms with Crippen molar-refractivity contribution >= 4 is 11.6 Å². The van der Waals surface area contributed by atoms with Crippen LogP contribution in [0.3, 0.4) is 0 Å². The van der Waals surface area contributed by atoms with Gasteiger partial charge in [-0.25, -0.2) is 0 Å². The molecular weight excluding hydrogens is 290 g/mol. The first-order valence-corrected chi connectivity index (χ1v) is 8.32. The number of carbonyl (C=O) groups excluding carboxylic acids is 1. The van der Waals surface area contributed by atoms with Crippen molar-refractivity contribution in [3.05, 3.63) is 29.8 Å². The molecule has 1 aliphatic heterocycles. The molecule has 0 aromatic heterocycles. The van der Waals surface area contributed by atoms with Gasteiger partial charge in [0.1, 0.15) is 0 Å². The van der Waals surface area contributed by atoms with Crippen LogP contribution in [-0.4, -0.2) is 68.7 Å². The van der Waals surface area contributed by atoms with Crippen molar-refractivity contribution in [3.63, 3.8) is 0 Å². The Bertz CT molecular complexity index is 521. The Morgan fingerprint density at radius 1 is 1.48 bits per heavy atom. The summed E-state index contributed by atoms with van der Waals surface area (Å²) in [6.07, 6.45) is 2.31. The third-order valence-corrected chi connectivity index (χ3v) is 4.54. The quantitative estimate of drug-likeness (QED) is 0.833. The van der Waals surface area contributed by atoms with E-state index in [1.807, 2.05) is 25.2 Å². The maximum absolute atomic E-state index is 12.2. The lowest BCUT2D eigenvalue weighted by Gasteiger charge is -2.25. The molecule has 128 valence electrons. The Kier molecular flexibility index (Phi) is 6.57. The number of hydrogen-bond donors (Lipinski definition) is 1. The van der Waals surface area contributed by atoms with Gasteiger partial charge in [-0.1, -0.05) is 19.1 Å². The number of aryl methyl sites for hydroxylation is 1. The Morgan fingerprint density at radius 3 is 2.91 bits per heavy atom. The second-order valence-electron chi connectivity index (χ2n) is 6.49. The van der Waals surface area contributed by atoms with Crippen molar-refractivity contribution in [2.75, 3.05) is 46.2 Å². The Labute approximate surface area is 139 Å². The number of amides is 1. The van der Waals surface area contributed by atoms with Gasteiger partial charge in [0.15, 0.2) is 0 Å². The van der Waals surface area contributed by atoms with E-state index in [0.29, 0.717) is 18.7 Å². The maximum atomic E-state index is 12.2. The monoisotopic (exact) mass is 319 g/mol. The number of nitrogens with one attached hydrogen (secondary N) is 1. The van der Waals surface area contributed by atoms with Crippen LogP contribution in [0.2, 0.25) is 0 Å². The van der Waals surface area contributed by atoms with Gasteiger partial charge in [0, 0.05) is 31.9 Å². The molecule has 5 heteroatoms. The second kappa shape index (κ2) is 8.43. The van der Waals surface area contributed by atoms with Crippen LogP contribution in [0.1, 0.15) is 18.9 Å². The average molecular weight is 319 g/mol. The number of likely N-dealkylation sites (N-methyl/N-ethyl adjacent to an activating group) is 2. The highest BCUT2D eigenvalue weighted by atomic mass is 16.5. The van der Waals surface area contributed by atoms with Gasteiger partial charge in [-0.15, -0.1) is 0 Å². The van der Waals surface area contributed by atoms with Gasteiger partial charge in [-0.2, -0.15) is 0 Å². The molecule has 1 aliphatic rings. The summed E-state index contributed by atoms with van der Waals surface area (Å²) < 4.78 is 5.44. The van der Waals surface area contributed by atoms with Gasteiger partial charge in [0.25, 0.3) is 0 Å². The summed E-state index contributed by atoms with van der Waals surface area (Å²) >= 11 is 0. The van der Waals surface area contributed by atoms with E-state index in [-0.39, 0.29) is 5.91 Å². The number of nitrogens with zero attached hydrogens (tertiary/aromatic N) is 2. The van der Waals surface area contributed by atoms with Crippen molar-refractivity contribution in [1.82, 2.24) is 9.80 Å². The molecule has 0 aliphatic carbocycles. The zero-order valence-electron chi connectivity index (χ0n) is 14.7. The number of methoxy groups -OCH3 is 1. The van der Waals surface area contributed by atoms with Crippen LogP contribution >= 0.6 is 0 Å². The molecule has 1 aromatic carbocycles. The third kappa shape index (κ3) is 5.30. The van der Waals surface area contributed by atoms with Crippen LogP contribution in [0.25, 0.3) is 0 Å². The van der Waals surface area contributed by atoms with Gasteiger partial charge >= 0.3 is 0 Å². The highest BCUT2D eigenvalue weighted by Crippen LogP contribution is 2.18. The number of likely N-dealkylation sites (tertiary alicyclic amines) is 1. The Balaban J connectivity index is 1.80. The average Bonchev–Trinajstić information content (AvgIpc) is 2.87. The van der Waals surface area contributed by atoms with E-state index in [1.54, 1.807) is 7.11 Å². The third-order valence-electron chi connectivity index (χ3n) is 4.54. The summed E-state index contributed by atoms with van der Waals surface area (Å²) in [7, 11) is 5.88. The fourth-order valence-electron chi connectivity index (χ4n) is 3.15. The number of rotatable bonds is 7. The molecule has 1 fully saturated rings. The maximum Gasteiger partial charge on any atom is 0.238 e. The molecule has 0 spiro atoms. The lowest BCUT2D eigenvalue weighted by Crippen LogP contribution is -2.40. The number of benzene rings is 1. The van der Waals surface area contributed by atoms with Crippen LogP contribution < -0.4 is 5.32 Å². The number of ether oxygens (including phenoxy) is 1. The number of carbonyl (C=O) groups is 1. The fraction of sp³-hybridized carbons (Fsp3) is 0.611. The summed E-state index contributed by atoms with van der Waals surface area (Å²) in [4.78, 5) is 16.6. The lowest BCUT2D eigenvalue weighted by atomic mass is 10.1. The van der Waals surface area contributed by atoms with Crippen molar-refractivity contribution in [3.8, 4) is 0 Å². The molecule has 0 saturated carbocycles. The summed E-state index contributed by atoms with van der Waals surface area (Å²) in [6.45, 7) is 4.35. The minimum absolute atomic E-state index is 0.0321. The van der Waals surface area contributed by atoms with Crippen molar-refractivity contribution in [2.45, 2.75) is 31.9 Å². The minimum Gasteiger partial charge on any atom is -0.380 e. The van der Waals surface area contributed by atoms with E-state index in [1.165, 1.54) is 5.56 Å². The van der Waals surface area contributed by atoms with Crippen LogP contribution in [-0.2, 0) is 16.0 Å². The molecule has 1 heterocycles. The molecule has 1 aromatic rings. The summed E-state index contributed by atoms with van der Waals surface area (Å²) in [5.74, 6) is 0.0321. The fourth-order valence-corrected chi connectivity index (χ4v) is 3.15. The van der Waals surface area contributed by atoms with E-state index < -0.39 is 0 Å². The van der Waals surface area contributed by atoms with Gasteiger partial charge < -0.3 is 10.1 Å². The molecule has 2 rings (SSSR count). The molecule has 1 N–H and O–H groups in total. The van der Waals surface area contributed by atoms with Gasteiger partial charge in [0.05, 0.1) is 12.6 Å². The number of anilines is 1. The SMILES string of the molecule is CCc1cccc(NC(=O)CN(C)C[C@@H]2C[C@H](OC)CN2C)c1. The van der Waals surface area contributed by atoms with E-state index in [0.717, 1.165) is 31.6 Å². The summed E-state index contributed by atoms with van der Waals surface area (Å²) in [5, 5.41) is 2.98. The first kappa shape index (κ1) is 17.9. The predicted octanol–water partition coefficient (Wildman–Crippen LogP) is 1.84. The Hall–Kier alpha value is -1.43. The highest BCUT2D eigenvalue weighted by Gasteiger charge is 2.30. The van der Waals surface area contributed by atoms with E-state index in [9.17, 15) is 4.79 Å². The predicted molar refractivity (Wildman–Crippen MR) is 93.8 cm³/mol. The van der Waals surface area contributed by atoms with Crippen molar-refractivity contribution in [1.29, 1.82) is 0 Å². The molecule has 0 radical (unpaired) electrons. The van der Waals surface area contributed by atoms with Crippen molar-refractivity contribution < 1.29 is 9.53 Å².